The predicted molar refractivity (Wildman–Crippen MR) is 105 cm³/mol. The van der Waals surface area contributed by atoms with Gasteiger partial charge in [-0.2, -0.15) is 0 Å². The van der Waals surface area contributed by atoms with E-state index in [1.807, 2.05) is 4.90 Å². The van der Waals surface area contributed by atoms with Crippen LogP contribution >= 0.6 is 11.3 Å². The van der Waals surface area contributed by atoms with Crippen LogP contribution in [0.2, 0.25) is 0 Å². The zero-order valence-corrected chi connectivity index (χ0v) is 17.0. The van der Waals surface area contributed by atoms with Crippen molar-refractivity contribution in [2.24, 2.45) is 5.92 Å². The minimum atomic E-state index is -0.00516. The van der Waals surface area contributed by atoms with Crippen molar-refractivity contribution in [3.8, 4) is 0 Å². The number of quaternary nitrogens is 1. The van der Waals surface area contributed by atoms with E-state index in [1.54, 1.807) is 18.3 Å². The maximum absolute atomic E-state index is 12.7. The Balaban J connectivity index is 1.79. The van der Waals surface area contributed by atoms with Crippen LogP contribution in [0.1, 0.15) is 43.5 Å². The summed E-state index contributed by atoms with van der Waals surface area (Å²) in [7, 11) is 0. The minimum Gasteiger partial charge on any atom is -0.332 e. The number of thiophene rings is 1. The van der Waals surface area contributed by atoms with E-state index in [-0.39, 0.29) is 11.5 Å². The predicted octanol–water partition coefficient (Wildman–Crippen LogP) is 1.13. The van der Waals surface area contributed by atoms with E-state index >= 15 is 0 Å². The van der Waals surface area contributed by atoms with Crippen molar-refractivity contribution in [2.45, 2.75) is 47.1 Å². The summed E-state index contributed by atoms with van der Waals surface area (Å²) in [5.41, 5.74) is 1.16. The van der Waals surface area contributed by atoms with Gasteiger partial charge in [-0.25, -0.2) is 4.98 Å². The second-order valence-electron chi connectivity index (χ2n) is 7.48. The number of hydrogen-bond acceptors (Lipinski definition) is 4. The molecule has 2 aromatic rings. The van der Waals surface area contributed by atoms with Gasteiger partial charge in [0.25, 0.3) is 5.56 Å². The largest absolute Gasteiger partial charge is 0.332 e. The SMILES string of the molecule is CC[C@@H](C)Cc1c(C)sc2nc(C[NH+]3CCN(C(C)=O)CC3)[nH]c(=O)c12. The lowest BCUT2D eigenvalue weighted by Crippen LogP contribution is -3.13. The molecule has 142 valence electrons. The number of carbonyl (C=O) groups excluding carboxylic acids is 1. The van der Waals surface area contributed by atoms with Crippen molar-refractivity contribution >= 4 is 27.5 Å². The van der Waals surface area contributed by atoms with Crippen molar-refractivity contribution in [1.29, 1.82) is 0 Å². The van der Waals surface area contributed by atoms with E-state index < -0.39 is 0 Å². The Morgan fingerprint density at radius 1 is 1.38 bits per heavy atom. The summed E-state index contributed by atoms with van der Waals surface area (Å²) in [6, 6.07) is 0. The number of hydrogen-bond donors (Lipinski definition) is 2. The Labute approximate surface area is 158 Å². The van der Waals surface area contributed by atoms with Gasteiger partial charge in [0.05, 0.1) is 31.6 Å². The third kappa shape index (κ3) is 3.99. The first-order valence-electron chi connectivity index (χ1n) is 9.49. The molecule has 26 heavy (non-hydrogen) atoms. The normalized spacial score (nSPS) is 17.0. The van der Waals surface area contributed by atoms with Gasteiger partial charge in [0.1, 0.15) is 11.4 Å². The number of amides is 1. The summed E-state index contributed by atoms with van der Waals surface area (Å²) in [6.45, 7) is 12.2. The van der Waals surface area contributed by atoms with Crippen molar-refractivity contribution < 1.29 is 9.69 Å². The molecule has 0 aliphatic carbocycles. The van der Waals surface area contributed by atoms with E-state index in [9.17, 15) is 9.59 Å². The minimum absolute atomic E-state index is 0.00516. The van der Waals surface area contributed by atoms with Gasteiger partial charge in [0, 0.05) is 11.8 Å². The molecule has 0 aromatic carbocycles. The number of fused-ring (bicyclic) bond motifs is 1. The highest BCUT2D eigenvalue weighted by atomic mass is 32.1. The Hall–Kier alpha value is -1.73. The van der Waals surface area contributed by atoms with E-state index in [0.29, 0.717) is 12.5 Å². The molecule has 1 aliphatic heterocycles. The van der Waals surface area contributed by atoms with Crippen molar-refractivity contribution in [2.75, 3.05) is 26.2 Å². The van der Waals surface area contributed by atoms with E-state index in [0.717, 1.165) is 55.1 Å². The maximum Gasteiger partial charge on any atom is 0.260 e. The van der Waals surface area contributed by atoms with Crippen LogP contribution in [0.3, 0.4) is 0 Å². The molecule has 0 bridgehead atoms. The molecule has 3 heterocycles. The number of piperazine rings is 1. The highest BCUT2D eigenvalue weighted by Crippen LogP contribution is 2.29. The molecular weight excluding hydrogens is 348 g/mol. The molecule has 1 amide bonds. The Morgan fingerprint density at radius 2 is 2.08 bits per heavy atom. The van der Waals surface area contributed by atoms with Crippen LogP contribution in [0.4, 0.5) is 0 Å². The standard InChI is InChI=1S/C19H28N4O2S/c1-5-12(2)10-15-13(3)26-19-17(15)18(25)20-16(21-19)11-22-6-8-23(9-7-22)14(4)24/h12H,5-11H2,1-4H3,(H,20,21,25)/p+1/t12-/m1/s1. The third-order valence-electron chi connectivity index (χ3n) is 5.49. The monoisotopic (exact) mass is 377 g/mol. The van der Waals surface area contributed by atoms with Crippen LogP contribution in [0.25, 0.3) is 10.2 Å². The number of rotatable bonds is 5. The van der Waals surface area contributed by atoms with Gasteiger partial charge in [0.15, 0.2) is 5.82 Å². The lowest BCUT2D eigenvalue weighted by atomic mass is 9.98. The number of carbonyl (C=O) groups is 1. The summed E-state index contributed by atoms with van der Waals surface area (Å²) >= 11 is 1.63. The van der Waals surface area contributed by atoms with Crippen molar-refractivity contribution in [3.63, 3.8) is 0 Å². The topological polar surface area (TPSA) is 70.5 Å². The lowest BCUT2D eigenvalue weighted by molar-refractivity contribution is -0.918. The summed E-state index contributed by atoms with van der Waals surface area (Å²) < 4.78 is 0. The van der Waals surface area contributed by atoms with Crippen LogP contribution in [-0.4, -0.2) is 47.0 Å². The average molecular weight is 378 g/mol. The number of aromatic nitrogens is 2. The molecule has 1 saturated heterocycles. The van der Waals surface area contributed by atoms with Gasteiger partial charge in [-0.15, -0.1) is 11.3 Å². The van der Waals surface area contributed by atoms with Gasteiger partial charge >= 0.3 is 0 Å². The molecule has 0 unspecified atom stereocenters. The van der Waals surface area contributed by atoms with E-state index in [4.69, 9.17) is 4.98 Å². The summed E-state index contributed by atoms with van der Waals surface area (Å²) in [5.74, 6) is 1.46. The average Bonchev–Trinajstić information content (AvgIpc) is 2.91. The number of nitrogens with one attached hydrogen (secondary N) is 2. The molecule has 3 rings (SSSR count). The van der Waals surface area contributed by atoms with Gasteiger partial charge in [0.2, 0.25) is 5.91 Å². The summed E-state index contributed by atoms with van der Waals surface area (Å²) in [6.07, 6.45) is 2.04. The fourth-order valence-corrected chi connectivity index (χ4v) is 4.67. The number of aryl methyl sites for hydroxylation is 1. The fourth-order valence-electron chi connectivity index (χ4n) is 3.59. The smallest absolute Gasteiger partial charge is 0.260 e. The van der Waals surface area contributed by atoms with Crippen molar-refractivity contribution in [3.05, 3.63) is 26.6 Å². The van der Waals surface area contributed by atoms with E-state index in [1.165, 1.54) is 15.3 Å². The highest BCUT2D eigenvalue weighted by Gasteiger charge is 2.23. The first kappa shape index (κ1) is 19.0. The van der Waals surface area contributed by atoms with Gasteiger partial charge in [-0.05, 0) is 24.8 Å². The molecule has 6 nitrogen and oxygen atoms in total. The molecule has 2 aromatic heterocycles. The summed E-state index contributed by atoms with van der Waals surface area (Å²) in [4.78, 5) is 37.3. The molecule has 7 heteroatoms. The Morgan fingerprint density at radius 3 is 2.69 bits per heavy atom. The third-order valence-corrected chi connectivity index (χ3v) is 6.54. The second-order valence-corrected chi connectivity index (χ2v) is 8.68. The number of H-pyrrole nitrogens is 1. The van der Waals surface area contributed by atoms with Crippen LogP contribution in [0, 0.1) is 12.8 Å². The zero-order valence-electron chi connectivity index (χ0n) is 16.1. The molecule has 0 spiro atoms. The van der Waals surface area contributed by atoms with Crippen LogP contribution < -0.4 is 10.5 Å². The highest BCUT2D eigenvalue weighted by molar-refractivity contribution is 7.18. The molecule has 1 aliphatic rings. The van der Waals surface area contributed by atoms with Crippen molar-refractivity contribution in [1.82, 2.24) is 14.9 Å². The Kier molecular flexibility index (Phi) is 5.77. The molecular formula is C19H29N4O2S+. The van der Waals surface area contributed by atoms with Gasteiger partial charge in [-0.1, -0.05) is 20.3 Å². The van der Waals surface area contributed by atoms with Crippen LogP contribution in [-0.2, 0) is 17.8 Å². The fraction of sp³-hybridized carbons (Fsp3) is 0.632. The van der Waals surface area contributed by atoms with E-state index in [2.05, 4.69) is 25.8 Å². The Bertz CT molecular complexity index is 849. The first-order valence-corrected chi connectivity index (χ1v) is 10.3. The van der Waals surface area contributed by atoms with Crippen LogP contribution in [0.5, 0.6) is 0 Å². The quantitative estimate of drug-likeness (QED) is 0.821. The second kappa shape index (κ2) is 7.88. The lowest BCUT2D eigenvalue weighted by Gasteiger charge is -2.31. The zero-order chi connectivity index (χ0) is 18.8. The molecule has 1 atom stereocenters. The maximum atomic E-state index is 12.7. The van der Waals surface area contributed by atoms with Gasteiger partial charge < -0.3 is 14.8 Å². The molecule has 0 saturated carbocycles. The summed E-state index contributed by atoms with van der Waals surface area (Å²) in [5, 5.41) is 0.785. The number of nitrogens with zero attached hydrogens (tertiary/aromatic N) is 2. The number of aromatic amines is 1. The molecule has 2 N–H and O–H groups in total. The molecule has 0 radical (unpaired) electrons. The van der Waals surface area contributed by atoms with Crippen LogP contribution in [0.15, 0.2) is 4.79 Å². The first-order chi connectivity index (χ1) is 12.4. The van der Waals surface area contributed by atoms with Gasteiger partial charge in [-0.3, -0.25) is 9.59 Å². The molecule has 1 fully saturated rings.